The second-order valence-electron chi connectivity index (χ2n) is 7.66. The fourth-order valence-corrected chi connectivity index (χ4v) is 4.72. The lowest BCUT2D eigenvalue weighted by molar-refractivity contribution is 0.0686. The van der Waals surface area contributed by atoms with Crippen LogP contribution in [0.25, 0.3) is 11.0 Å². The number of para-hydroxylation sites is 2. The van der Waals surface area contributed by atoms with Gasteiger partial charge in [-0.15, -0.1) is 0 Å². The van der Waals surface area contributed by atoms with Gasteiger partial charge < -0.3 is 14.5 Å². The van der Waals surface area contributed by atoms with Gasteiger partial charge in [-0.25, -0.2) is 9.59 Å². The molecule has 1 aromatic carbocycles. The minimum absolute atomic E-state index is 0.0843. The monoisotopic (exact) mass is 372 g/mol. The second kappa shape index (κ2) is 7.38. The third-order valence-electron chi connectivity index (χ3n) is 6.27. The summed E-state index contributed by atoms with van der Waals surface area (Å²) in [4.78, 5) is 28.7. The molecule has 2 saturated heterocycles. The molecule has 2 aliphatic heterocycles. The van der Waals surface area contributed by atoms with Crippen molar-refractivity contribution in [1.82, 2.24) is 18.9 Å². The van der Waals surface area contributed by atoms with Gasteiger partial charge in [0.25, 0.3) is 0 Å². The van der Waals surface area contributed by atoms with Gasteiger partial charge in [-0.05, 0) is 37.8 Å². The smallest absolute Gasteiger partial charge is 0.409 e. The SMILES string of the molecule is COC(=O)N1CCC(N2CCC(n3c(=O)n(C)c4ccccc43)CC2)CC1. The van der Waals surface area contributed by atoms with E-state index >= 15 is 0 Å². The van der Waals surface area contributed by atoms with Crippen molar-refractivity contribution in [2.45, 2.75) is 37.8 Å². The largest absolute Gasteiger partial charge is 0.453 e. The Hall–Kier alpha value is -2.28. The van der Waals surface area contributed by atoms with Crippen LogP contribution < -0.4 is 5.69 Å². The van der Waals surface area contributed by atoms with Gasteiger partial charge in [0.05, 0.1) is 18.1 Å². The van der Waals surface area contributed by atoms with E-state index in [1.165, 1.54) is 7.11 Å². The summed E-state index contributed by atoms with van der Waals surface area (Å²) in [5.41, 5.74) is 2.12. The standard InChI is InChI=1S/C20H28N4O3/c1-21-17-5-3-4-6-18(17)24(19(21)25)16-9-11-22(12-10-16)15-7-13-23(14-8-15)20(26)27-2/h3-6,15-16H,7-14H2,1-2H3. The molecule has 0 N–H and O–H groups in total. The summed E-state index contributed by atoms with van der Waals surface area (Å²) in [6.07, 6.45) is 3.75. The van der Waals surface area contributed by atoms with Gasteiger partial charge in [0.2, 0.25) is 0 Å². The highest BCUT2D eigenvalue weighted by atomic mass is 16.5. The third kappa shape index (κ3) is 3.25. The van der Waals surface area contributed by atoms with Crippen molar-refractivity contribution in [1.29, 1.82) is 0 Å². The highest BCUT2D eigenvalue weighted by molar-refractivity contribution is 5.76. The molecule has 2 aliphatic rings. The van der Waals surface area contributed by atoms with E-state index in [1.807, 2.05) is 35.9 Å². The van der Waals surface area contributed by atoms with Crippen LogP contribution in [-0.4, -0.2) is 64.4 Å². The highest BCUT2D eigenvalue weighted by Crippen LogP contribution is 2.28. The van der Waals surface area contributed by atoms with Gasteiger partial charge in [-0.3, -0.25) is 9.13 Å². The number of aryl methyl sites for hydroxylation is 1. The Morgan fingerprint density at radius 2 is 1.56 bits per heavy atom. The number of likely N-dealkylation sites (tertiary alicyclic amines) is 2. The van der Waals surface area contributed by atoms with Crippen LogP contribution in [-0.2, 0) is 11.8 Å². The number of hydrogen-bond acceptors (Lipinski definition) is 4. The van der Waals surface area contributed by atoms with Gasteiger partial charge in [-0.2, -0.15) is 0 Å². The number of rotatable bonds is 2. The molecular formula is C20H28N4O3. The molecule has 2 aromatic rings. The molecule has 3 heterocycles. The van der Waals surface area contributed by atoms with E-state index in [-0.39, 0.29) is 17.8 Å². The summed E-state index contributed by atoms with van der Waals surface area (Å²) in [5, 5.41) is 0. The van der Waals surface area contributed by atoms with E-state index in [0.29, 0.717) is 6.04 Å². The van der Waals surface area contributed by atoms with Crippen molar-refractivity contribution < 1.29 is 9.53 Å². The van der Waals surface area contributed by atoms with Crippen molar-refractivity contribution in [2.75, 3.05) is 33.3 Å². The fraction of sp³-hybridized carbons (Fsp3) is 0.600. The quantitative estimate of drug-likeness (QED) is 0.811. The van der Waals surface area contributed by atoms with E-state index < -0.39 is 0 Å². The van der Waals surface area contributed by atoms with Gasteiger partial charge >= 0.3 is 11.8 Å². The van der Waals surface area contributed by atoms with E-state index in [2.05, 4.69) is 4.90 Å². The van der Waals surface area contributed by atoms with Crippen molar-refractivity contribution in [3.8, 4) is 0 Å². The molecule has 1 amide bonds. The second-order valence-corrected chi connectivity index (χ2v) is 7.66. The minimum Gasteiger partial charge on any atom is -0.453 e. The number of ether oxygens (including phenoxy) is 1. The Balaban J connectivity index is 1.41. The lowest BCUT2D eigenvalue weighted by Gasteiger charge is -2.41. The molecule has 2 fully saturated rings. The van der Waals surface area contributed by atoms with Crippen molar-refractivity contribution in [2.24, 2.45) is 7.05 Å². The number of imidazole rings is 1. The third-order valence-corrected chi connectivity index (χ3v) is 6.27. The number of amides is 1. The molecule has 0 aliphatic carbocycles. The number of benzene rings is 1. The van der Waals surface area contributed by atoms with E-state index in [9.17, 15) is 9.59 Å². The molecule has 0 spiro atoms. The van der Waals surface area contributed by atoms with E-state index in [4.69, 9.17) is 4.74 Å². The average molecular weight is 372 g/mol. The molecule has 0 unspecified atom stereocenters. The summed E-state index contributed by atoms with van der Waals surface area (Å²) >= 11 is 0. The minimum atomic E-state index is -0.220. The van der Waals surface area contributed by atoms with Crippen molar-refractivity contribution in [3.05, 3.63) is 34.7 Å². The summed E-state index contributed by atoms with van der Waals surface area (Å²) in [7, 11) is 3.29. The number of hydrogen-bond donors (Lipinski definition) is 0. The number of methoxy groups -OCH3 is 1. The summed E-state index contributed by atoms with van der Waals surface area (Å²) in [6, 6.07) is 8.83. The van der Waals surface area contributed by atoms with Gasteiger partial charge in [-0.1, -0.05) is 12.1 Å². The number of aromatic nitrogens is 2. The zero-order valence-corrected chi connectivity index (χ0v) is 16.1. The van der Waals surface area contributed by atoms with Crippen LogP contribution in [0.3, 0.4) is 0 Å². The van der Waals surface area contributed by atoms with Crippen LogP contribution in [0.2, 0.25) is 0 Å². The van der Waals surface area contributed by atoms with Gasteiger partial charge in [0, 0.05) is 45.3 Å². The zero-order valence-electron chi connectivity index (χ0n) is 16.1. The summed E-state index contributed by atoms with van der Waals surface area (Å²) in [6.45, 7) is 3.53. The number of carbonyl (C=O) groups is 1. The van der Waals surface area contributed by atoms with Gasteiger partial charge in [0.15, 0.2) is 0 Å². The fourth-order valence-electron chi connectivity index (χ4n) is 4.72. The van der Waals surface area contributed by atoms with Crippen LogP contribution in [0.15, 0.2) is 29.1 Å². The van der Waals surface area contributed by atoms with Crippen molar-refractivity contribution >= 4 is 17.1 Å². The molecule has 146 valence electrons. The Labute approximate surface area is 159 Å². The first kappa shape index (κ1) is 18.1. The molecule has 0 atom stereocenters. The van der Waals surface area contributed by atoms with Crippen molar-refractivity contribution in [3.63, 3.8) is 0 Å². The molecule has 7 nitrogen and oxygen atoms in total. The lowest BCUT2D eigenvalue weighted by Crippen LogP contribution is -2.49. The van der Waals surface area contributed by atoms with Gasteiger partial charge in [0.1, 0.15) is 0 Å². The molecule has 27 heavy (non-hydrogen) atoms. The maximum atomic E-state index is 12.8. The topological polar surface area (TPSA) is 59.7 Å². The predicted molar refractivity (Wildman–Crippen MR) is 104 cm³/mol. The molecule has 4 rings (SSSR count). The Bertz CT molecular complexity index is 871. The Kier molecular flexibility index (Phi) is 4.95. The summed E-state index contributed by atoms with van der Waals surface area (Å²) in [5.74, 6) is 0. The number of carbonyl (C=O) groups excluding carboxylic acids is 1. The summed E-state index contributed by atoms with van der Waals surface area (Å²) < 4.78 is 8.57. The van der Waals surface area contributed by atoms with Crippen LogP contribution in [0, 0.1) is 0 Å². The van der Waals surface area contributed by atoms with Crippen LogP contribution >= 0.6 is 0 Å². The Morgan fingerprint density at radius 3 is 2.19 bits per heavy atom. The van der Waals surface area contributed by atoms with Crippen LogP contribution in [0.1, 0.15) is 31.7 Å². The van der Waals surface area contributed by atoms with E-state index in [0.717, 1.165) is 62.9 Å². The normalized spacial score (nSPS) is 20.3. The molecular weight excluding hydrogens is 344 g/mol. The first-order valence-electron chi connectivity index (χ1n) is 9.83. The molecule has 7 heteroatoms. The zero-order chi connectivity index (χ0) is 19.0. The molecule has 0 radical (unpaired) electrons. The van der Waals surface area contributed by atoms with Crippen LogP contribution in [0.4, 0.5) is 4.79 Å². The lowest BCUT2D eigenvalue weighted by atomic mass is 9.97. The molecule has 0 saturated carbocycles. The average Bonchev–Trinajstić information content (AvgIpc) is 2.98. The highest BCUT2D eigenvalue weighted by Gasteiger charge is 2.31. The molecule has 1 aromatic heterocycles. The predicted octanol–water partition coefficient (Wildman–Crippen LogP) is 2.21. The number of fused-ring (bicyclic) bond motifs is 1. The first-order chi connectivity index (χ1) is 13.1. The maximum Gasteiger partial charge on any atom is 0.409 e. The molecule has 0 bridgehead atoms. The first-order valence-corrected chi connectivity index (χ1v) is 9.83. The Morgan fingerprint density at radius 1 is 0.963 bits per heavy atom. The van der Waals surface area contributed by atoms with E-state index in [1.54, 1.807) is 9.47 Å². The maximum absolute atomic E-state index is 12.8. The number of nitrogens with zero attached hydrogens (tertiary/aromatic N) is 4. The van der Waals surface area contributed by atoms with Crippen LogP contribution in [0.5, 0.6) is 0 Å². The number of piperidine rings is 2.